The number of rotatable bonds is 7. The molecule has 2 N–H and O–H groups in total. The molecule has 0 bridgehead atoms. The first-order valence-electron chi connectivity index (χ1n) is 7.38. The first kappa shape index (κ1) is 15.5. The zero-order valence-electron chi connectivity index (χ0n) is 12.3. The van der Waals surface area contributed by atoms with Gasteiger partial charge in [0.05, 0.1) is 4.92 Å². The van der Waals surface area contributed by atoms with Crippen molar-refractivity contribution in [2.75, 3.05) is 23.7 Å². The molecular weight excluding hydrogens is 318 g/mol. The van der Waals surface area contributed by atoms with Gasteiger partial charge in [0.25, 0.3) is 5.69 Å². The maximum atomic E-state index is 10.6. The SMILES string of the molecule is O=[N+]([O-])c1ccc(NCCNc2cc(Cl)nc(C3CC3)n2)cc1. The summed E-state index contributed by atoms with van der Waals surface area (Å²) < 4.78 is 0. The summed E-state index contributed by atoms with van der Waals surface area (Å²) in [6, 6.07) is 8.03. The molecule has 120 valence electrons. The van der Waals surface area contributed by atoms with E-state index in [0.29, 0.717) is 24.2 Å². The highest BCUT2D eigenvalue weighted by molar-refractivity contribution is 6.29. The van der Waals surface area contributed by atoms with Gasteiger partial charge in [0.2, 0.25) is 0 Å². The molecule has 0 atom stereocenters. The van der Waals surface area contributed by atoms with Crippen molar-refractivity contribution < 1.29 is 4.92 Å². The summed E-state index contributed by atoms with van der Waals surface area (Å²) in [5.41, 5.74) is 0.911. The summed E-state index contributed by atoms with van der Waals surface area (Å²) in [4.78, 5) is 18.9. The number of anilines is 2. The number of non-ortho nitro benzene ring substituents is 1. The van der Waals surface area contributed by atoms with E-state index < -0.39 is 4.92 Å². The number of nitro groups is 1. The van der Waals surface area contributed by atoms with E-state index in [1.165, 1.54) is 12.1 Å². The fourth-order valence-corrected chi connectivity index (χ4v) is 2.34. The Morgan fingerprint density at radius 2 is 1.87 bits per heavy atom. The average molecular weight is 334 g/mol. The fraction of sp³-hybridized carbons (Fsp3) is 0.333. The summed E-state index contributed by atoms with van der Waals surface area (Å²) in [6.45, 7) is 1.30. The second kappa shape index (κ2) is 6.78. The van der Waals surface area contributed by atoms with Crippen LogP contribution in [0.2, 0.25) is 5.15 Å². The van der Waals surface area contributed by atoms with Gasteiger partial charge in [0.1, 0.15) is 16.8 Å². The van der Waals surface area contributed by atoms with E-state index in [2.05, 4.69) is 20.6 Å². The quantitative estimate of drug-likeness (QED) is 0.349. The highest BCUT2D eigenvalue weighted by atomic mass is 35.5. The molecular formula is C15H16ClN5O2. The Morgan fingerprint density at radius 3 is 2.52 bits per heavy atom. The van der Waals surface area contributed by atoms with Gasteiger partial charge in [-0.1, -0.05) is 11.6 Å². The van der Waals surface area contributed by atoms with Gasteiger partial charge in [-0.25, -0.2) is 9.97 Å². The van der Waals surface area contributed by atoms with E-state index in [0.717, 1.165) is 30.2 Å². The molecule has 1 heterocycles. The topological polar surface area (TPSA) is 93.0 Å². The Labute approximate surface area is 138 Å². The van der Waals surface area contributed by atoms with Crippen LogP contribution >= 0.6 is 11.6 Å². The van der Waals surface area contributed by atoms with Gasteiger partial charge in [-0.05, 0) is 25.0 Å². The van der Waals surface area contributed by atoms with Crippen LogP contribution in [0.5, 0.6) is 0 Å². The van der Waals surface area contributed by atoms with Gasteiger partial charge in [-0.2, -0.15) is 0 Å². The molecule has 1 aliphatic carbocycles. The van der Waals surface area contributed by atoms with Gasteiger partial charge in [0.15, 0.2) is 0 Å². The first-order valence-corrected chi connectivity index (χ1v) is 7.76. The highest BCUT2D eigenvalue weighted by Gasteiger charge is 2.27. The normalized spacial score (nSPS) is 13.6. The van der Waals surface area contributed by atoms with Crippen molar-refractivity contribution in [3.05, 3.63) is 51.4 Å². The smallest absolute Gasteiger partial charge is 0.269 e. The van der Waals surface area contributed by atoms with Crippen LogP contribution < -0.4 is 10.6 Å². The molecule has 23 heavy (non-hydrogen) atoms. The summed E-state index contributed by atoms with van der Waals surface area (Å²) in [6.07, 6.45) is 2.25. The number of aromatic nitrogens is 2. The predicted octanol–water partition coefficient (Wildman–Crippen LogP) is 3.44. The van der Waals surface area contributed by atoms with E-state index in [1.807, 2.05) is 0 Å². The number of benzene rings is 1. The van der Waals surface area contributed by atoms with Crippen LogP contribution in [0.1, 0.15) is 24.6 Å². The van der Waals surface area contributed by atoms with Crippen molar-refractivity contribution in [1.29, 1.82) is 0 Å². The molecule has 0 spiro atoms. The maximum Gasteiger partial charge on any atom is 0.269 e. The summed E-state index contributed by atoms with van der Waals surface area (Å²) >= 11 is 6.01. The largest absolute Gasteiger partial charge is 0.383 e. The molecule has 0 radical (unpaired) electrons. The lowest BCUT2D eigenvalue weighted by molar-refractivity contribution is -0.384. The Hall–Kier alpha value is -2.41. The van der Waals surface area contributed by atoms with Gasteiger partial charge in [-0.15, -0.1) is 0 Å². The van der Waals surface area contributed by atoms with Crippen LogP contribution in [0.3, 0.4) is 0 Å². The number of nitrogens with zero attached hydrogens (tertiary/aromatic N) is 3. The van der Waals surface area contributed by atoms with Gasteiger partial charge in [-0.3, -0.25) is 10.1 Å². The summed E-state index contributed by atoms with van der Waals surface area (Å²) in [5.74, 6) is 1.98. The monoisotopic (exact) mass is 333 g/mol. The van der Waals surface area contributed by atoms with Crippen molar-refractivity contribution >= 4 is 28.8 Å². The van der Waals surface area contributed by atoms with Crippen LogP contribution in [0.4, 0.5) is 17.2 Å². The van der Waals surface area contributed by atoms with Crippen LogP contribution in [-0.2, 0) is 0 Å². The van der Waals surface area contributed by atoms with Crippen LogP contribution in [0.15, 0.2) is 30.3 Å². The summed E-state index contributed by atoms with van der Waals surface area (Å²) in [5, 5.41) is 17.4. The van der Waals surface area contributed by atoms with Gasteiger partial charge >= 0.3 is 0 Å². The van der Waals surface area contributed by atoms with Gasteiger partial charge < -0.3 is 10.6 Å². The lowest BCUT2D eigenvalue weighted by Crippen LogP contribution is -2.15. The molecule has 1 aromatic heterocycles. The lowest BCUT2D eigenvalue weighted by Gasteiger charge is -2.09. The molecule has 8 heteroatoms. The standard InChI is InChI=1S/C15H16ClN5O2/c16-13-9-14(20-15(19-13)10-1-2-10)18-8-7-17-11-3-5-12(6-4-11)21(22)23/h3-6,9-10,17H,1-2,7-8H2,(H,18,19,20). The zero-order chi connectivity index (χ0) is 16.2. The Balaban J connectivity index is 1.48. The number of hydrogen-bond acceptors (Lipinski definition) is 6. The van der Waals surface area contributed by atoms with E-state index in [9.17, 15) is 10.1 Å². The molecule has 1 fully saturated rings. The van der Waals surface area contributed by atoms with E-state index >= 15 is 0 Å². The predicted molar refractivity (Wildman–Crippen MR) is 89.1 cm³/mol. The molecule has 1 aliphatic rings. The minimum atomic E-state index is -0.415. The highest BCUT2D eigenvalue weighted by Crippen LogP contribution is 2.38. The van der Waals surface area contributed by atoms with Crippen molar-refractivity contribution in [3.8, 4) is 0 Å². The Morgan fingerprint density at radius 1 is 1.17 bits per heavy atom. The molecule has 0 unspecified atom stereocenters. The molecule has 1 aromatic carbocycles. The van der Waals surface area contributed by atoms with Crippen molar-refractivity contribution in [2.24, 2.45) is 0 Å². The second-order valence-electron chi connectivity index (χ2n) is 5.37. The minimum Gasteiger partial charge on any atom is -0.383 e. The molecule has 0 aliphatic heterocycles. The van der Waals surface area contributed by atoms with E-state index in [1.54, 1.807) is 18.2 Å². The second-order valence-corrected chi connectivity index (χ2v) is 5.75. The van der Waals surface area contributed by atoms with Crippen LogP contribution in [-0.4, -0.2) is 28.0 Å². The molecule has 7 nitrogen and oxygen atoms in total. The third-order valence-electron chi connectivity index (χ3n) is 3.49. The maximum absolute atomic E-state index is 10.6. The molecule has 0 saturated heterocycles. The number of halogens is 1. The fourth-order valence-electron chi connectivity index (χ4n) is 2.15. The van der Waals surface area contributed by atoms with Crippen molar-refractivity contribution in [3.63, 3.8) is 0 Å². The number of nitro benzene ring substituents is 1. The van der Waals surface area contributed by atoms with Crippen LogP contribution in [0.25, 0.3) is 0 Å². The Bertz CT molecular complexity index is 704. The molecule has 0 amide bonds. The average Bonchev–Trinajstić information content (AvgIpc) is 3.36. The van der Waals surface area contributed by atoms with E-state index in [4.69, 9.17) is 11.6 Å². The number of hydrogen-bond donors (Lipinski definition) is 2. The minimum absolute atomic E-state index is 0.0805. The first-order chi connectivity index (χ1) is 11.1. The Kier molecular flexibility index (Phi) is 4.57. The molecule has 2 aromatic rings. The van der Waals surface area contributed by atoms with E-state index in [-0.39, 0.29) is 5.69 Å². The van der Waals surface area contributed by atoms with Gasteiger partial charge in [0, 0.05) is 42.9 Å². The number of nitrogens with one attached hydrogen (secondary N) is 2. The molecule has 1 saturated carbocycles. The summed E-state index contributed by atoms with van der Waals surface area (Å²) in [7, 11) is 0. The third-order valence-corrected chi connectivity index (χ3v) is 3.69. The molecule has 3 rings (SSSR count). The third kappa shape index (κ3) is 4.29. The van der Waals surface area contributed by atoms with Crippen molar-refractivity contribution in [1.82, 2.24) is 9.97 Å². The van der Waals surface area contributed by atoms with Crippen LogP contribution in [0, 0.1) is 10.1 Å². The lowest BCUT2D eigenvalue weighted by atomic mass is 10.3. The zero-order valence-corrected chi connectivity index (χ0v) is 13.1. The van der Waals surface area contributed by atoms with Crippen molar-refractivity contribution in [2.45, 2.75) is 18.8 Å².